The van der Waals surface area contributed by atoms with Crippen molar-refractivity contribution >= 4 is 11.5 Å². The molecule has 1 atom stereocenters. The van der Waals surface area contributed by atoms with Gasteiger partial charge in [0.15, 0.2) is 0 Å². The van der Waals surface area contributed by atoms with Crippen LogP contribution in [-0.2, 0) is 0 Å². The second-order valence-corrected chi connectivity index (χ2v) is 3.75. The fourth-order valence-electron chi connectivity index (χ4n) is 1.26. The third kappa shape index (κ3) is 2.79. The molecule has 1 aromatic rings. The van der Waals surface area contributed by atoms with Gasteiger partial charge in [0.05, 0.1) is 16.6 Å². The van der Waals surface area contributed by atoms with E-state index in [-0.39, 0.29) is 6.04 Å². The molecule has 1 unspecified atom stereocenters. The number of nitrogens with zero attached hydrogens (tertiary/aromatic N) is 2. The van der Waals surface area contributed by atoms with Crippen molar-refractivity contribution in [3.63, 3.8) is 0 Å². The lowest BCUT2D eigenvalue weighted by Crippen LogP contribution is -2.20. The molecule has 0 aromatic carbocycles. The van der Waals surface area contributed by atoms with Gasteiger partial charge in [-0.25, -0.2) is 0 Å². The van der Waals surface area contributed by atoms with Crippen molar-refractivity contribution in [2.75, 3.05) is 6.54 Å². The molecule has 0 amide bonds. The standard InChI is InChI=1S/C10H15N3S/c1-4-6-7-9(11-5-2)10-8(3)12-13-14-10/h9,11H,5,7H2,1-3H3. The summed E-state index contributed by atoms with van der Waals surface area (Å²) in [6, 6.07) is 0.285. The van der Waals surface area contributed by atoms with Gasteiger partial charge >= 0.3 is 0 Å². The Bertz CT molecular complexity index is 335. The van der Waals surface area contributed by atoms with Gasteiger partial charge in [-0.15, -0.1) is 16.9 Å². The third-order valence-electron chi connectivity index (χ3n) is 1.94. The molecule has 0 radical (unpaired) electrons. The lowest BCUT2D eigenvalue weighted by atomic mass is 10.1. The number of aromatic nitrogens is 2. The lowest BCUT2D eigenvalue weighted by molar-refractivity contribution is 0.570. The first-order valence-electron chi connectivity index (χ1n) is 4.71. The fraction of sp³-hybridized carbons (Fsp3) is 0.600. The summed E-state index contributed by atoms with van der Waals surface area (Å²) in [4.78, 5) is 1.20. The molecule has 0 spiro atoms. The van der Waals surface area contributed by atoms with Crippen LogP contribution in [-0.4, -0.2) is 16.1 Å². The van der Waals surface area contributed by atoms with E-state index >= 15 is 0 Å². The van der Waals surface area contributed by atoms with Crippen LogP contribution in [0.4, 0.5) is 0 Å². The molecule has 0 saturated heterocycles. The zero-order valence-electron chi connectivity index (χ0n) is 8.79. The van der Waals surface area contributed by atoms with Crippen molar-refractivity contribution in [2.45, 2.75) is 33.2 Å². The first-order chi connectivity index (χ1) is 6.79. The smallest absolute Gasteiger partial charge is 0.0773 e. The predicted octanol–water partition coefficient (Wildman–Crippen LogP) is 1.91. The van der Waals surface area contributed by atoms with Crippen LogP contribution in [0, 0.1) is 18.8 Å². The van der Waals surface area contributed by atoms with E-state index in [1.54, 1.807) is 0 Å². The molecule has 1 heterocycles. The Morgan fingerprint density at radius 1 is 1.57 bits per heavy atom. The van der Waals surface area contributed by atoms with Crippen LogP contribution >= 0.6 is 11.5 Å². The Labute approximate surface area is 89.1 Å². The molecule has 0 bridgehead atoms. The maximum atomic E-state index is 4.01. The van der Waals surface area contributed by atoms with E-state index < -0.39 is 0 Å². The van der Waals surface area contributed by atoms with Crippen molar-refractivity contribution in [2.24, 2.45) is 0 Å². The van der Waals surface area contributed by atoms with Crippen molar-refractivity contribution in [3.8, 4) is 11.8 Å². The number of nitrogens with one attached hydrogen (secondary N) is 1. The van der Waals surface area contributed by atoms with E-state index in [0.717, 1.165) is 18.7 Å². The van der Waals surface area contributed by atoms with Gasteiger partial charge in [0, 0.05) is 6.42 Å². The first-order valence-corrected chi connectivity index (χ1v) is 5.48. The molecule has 76 valence electrons. The van der Waals surface area contributed by atoms with Crippen LogP contribution in [0.2, 0.25) is 0 Å². The summed E-state index contributed by atoms with van der Waals surface area (Å²) < 4.78 is 3.94. The van der Waals surface area contributed by atoms with E-state index in [1.165, 1.54) is 16.4 Å². The van der Waals surface area contributed by atoms with Gasteiger partial charge in [-0.1, -0.05) is 11.4 Å². The predicted molar refractivity (Wildman–Crippen MR) is 59.1 cm³/mol. The minimum Gasteiger partial charge on any atom is -0.309 e. The number of hydrogen-bond donors (Lipinski definition) is 1. The highest BCUT2D eigenvalue weighted by Gasteiger charge is 2.14. The highest BCUT2D eigenvalue weighted by atomic mass is 32.1. The molecule has 1 rings (SSSR count). The van der Waals surface area contributed by atoms with Crippen molar-refractivity contribution in [1.82, 2.24) is 14.9 Å². The fourth-order valence-corrected chi connectivity index (χ4v) is 1.98. The molecule has 4 heteroatoms. The monoisotopic (exact) mass is 209 g/mol. The Balaban J connectivity index is 2.75. The van der Waals surface area contributed by atoms with E-state index in [4.69, 9.17) is 0 Å². The molecule has 14 heavy (non-hydrogen) atoms. The highest BCUT2D eigenvalue weighted by molar-refractivity contribution is 7.05. The van der Waals surface area contributed by atoms with Gasteiger partial charge in [0.1, 0.15) is 0 Å². The topological polar surface area (TPSA) is 37.8 Å². The molecule has 1 N–H and O–H groups in total. The van der Waals surface area contributed by atoms with Gasteiger partial charge in [0.25, 0.3) is 0 Å². The SMILES string of the molecule is CC#CCC(NCC)c1snnc1C. The maximum Gasteiger partial charge on any atom is 0.0773 e. The second kappa shape index (κ2) is 5.74. The zero-order valence-corrected chi connectivity index (χ0v) is 9.61. The molecular formula is C10H15N3S. The summed E-state index contributed by atoms with van der Waals surface area (Å²) in [6.07, 6.45) is 0.828. The Morgan fingerprint density at radius 2 is 2.36 bits per heavy atom. The summed E-state index contributed by atoms with van der Waals surface area (Å²) in [5.41, 5.74) is 1.01. The van der Waals surface area contributed by atoms with Gasteiger partial charge in [-0.2, -0.15) is 0 Å². The van der Waals surface area contributed by atoms with E-state index in [1.807, 2.05) is 13.8 Å². The molecule has 1 aromatic heterocycles. The quantitative estimate of drug-likeness (QED) is 0.770. The second-order valence-electron chi connectivity index (χ2n) is 2.96. The van der Waals surface area contributed by atoms with Crippen LogP contribution in [0.3, 0.4) is 0 Å². The zero-order chi connectivity index (χ0) is 10.4. The molecule has 0 aliphatic rings. The summed E-state index contributed by atoms with van der Waals surface area (Å²) in [5, 5.41) is 7.40. The van der Waals surface area contributed by atoms with Crippen molar-refractivity contribution in [1.29, 1.82) is 0 Å². The van der Waals surface area contributed by atoms with Crippen molar-refractivity contribution in [3.05, 3.63) is 10.6 Å². The van der Waals surface area contributed by atoms with Gasteiger partial charge in [0.2, 0.25) is 0 Å². The lowest BCUT2D eigenvalue weighted by Gasteiger charge is -2.12. The maximum absolute atomic E-state index is 4.01. The molecule has 0 fully saturated rings. The molecule has 0 saturated carbocycles. The van der Waals surface area contributed by atoms with Crippen LogP contribution in [0.25, 0.3) is 0 Å². The number of hydrogen-bond acceptors (Lipinski definition) is 4. The summed E-state index contributed by atoms with van der Waals surface area (Å²) in [7, 11) is 0. The van der Waals surface area contributed by atoms with Crippen LogP contribution in [0.15, 0.2) is 0 Å². The largest absolute Gasteiger partial charge is 0.309 e. The molecular weight excluding hydrogens is 194 g/mol. The minimum absolute atomic E-state index is 0.285. The van der Waals surface area contributed by atoms with Gasteiger partial charge in [-0.05, 0) is 31.9 Å². The highest BCUT2D eigenvalue weighted by Crippen LogP contribution is 2.22. The van der Waals surface area contributed by atoms with E-state index in [0.29, 0.717) is 0 Å². The normalized spacial score (nSPS) is 11.9. The van der Waals surface area contributed by atoms with Crippen molar-refractivity contribution < 1.29 is 0 Å². The summed E-state index contributed by atoms with van der Waals surface area (Å²) >= 11 is 1.46. The molecule has 3 nitrogen and oxygen atoms in total. The van der Waals surface area contributed by atoms with E-state index in [9.17, 15) is 0 Å². The Kier molecular flexibility index (Phi) is 4.57. The summed E-state index contributed by atoms with van der Waals surface area (Å²) in [5.74, 6) is 6.00. The van der Waals surface area contributed by atoms with Gasteiger partial charge in [-0.3, -0.25) is 0 Å². The Hall–Kier alpha value is -0.920. The van der Waals surface area contributed by atoms with E-state index in [2.05, 4.69) is 33.7 Å². The first kappa shape index (κ1) is 11.2. The van der Waals surface area contributed by atoms with Gasteiger partial charge < -0.3 is 5.32 Å². The van der Waals surface area contributed by atoms with Crippen LogP contribution < -0.4 is 5.32 Å². The average Bonchev–Trinajstić information content (AvgIpc) is 2.59. The third-order valence-corrected chi connectivity index (χ3v) is 2.88. The number of rotatable bonds is 4. The molecule has 0 aliphatic carbocycles. The summed E-state index contributed by atoms with van der Waals surface area (Å²) in [6.45, 7) is 6.88. The average molecular weight is 209 g/mol. The Morgan fingerprint density at radius 3 is 2.86 bits per heavy atom. The number of aryl methyl sites for hydroxylation is 1. The van der Waals surface area contributed by atoms with Crippen LogP contribution in [0.5, 0.6) is 0 Å². The molecule has 0 aliphatic heterocycles. The van der Waals surface area contributed by atoms with Crippen LogP contribution in [0.1, 0.15) is 36.9 Å². The minimum atomic E-state index is 0.285.